The van der Waals surface area contributed by atoms with E-state index in [1.165, 1.54) is 0 Å². The van der Waals surface area contributed by atoms with E-state index in [0.717, 1.165) is 34.4 Å². The van der Waals surface area contributed by atoms with Crippen LogP contribution in [0.2, 0.25) is 10.0 Å². The standard InChI is InChI=1S/C24H20Cl2N4O3S/c1-13-10-15(14(2)30(13)18-7-4-16(25)5-8-18)11-21(23(31)32)34-24-27-22(28-29-24)19-12-17(26)6-9-20(19)33-3/h4-12H,1-3H3,(H,31,32)(H,27,28,29)/b21-11-. The van der Waals surface area contributed by atoms with Gasteiger partial charge in [0.25, 0.3) is 0 Å². The highest BCUT2D eigenvalue weighted by atomic mass is 35.5. The molecule has 2 aromatic heterocycles. The molecule has 2 heterocycles. The molecule has 4 aromatic rings. The van der Waals surface area contributed by atoms with Crippen LogP contribution in [0.3, 0.4) is 0 Å². The molecule has 4 rings (SSSR count). The van der Waals surface area contributed by atoms with E-state index >= 15 is 0 Å². The molecule has 0 unspecified atom stereocenters. The summed E-state index contributed by atoms with van der Waals surface area (Å²) in [4.78, 5) is 16.5. The first-order chi connectivity index (χ1) is 16.3. The van der Waals surface area contributed by atoms with Gasteiger partial charge in [0.05, 0.1) is 12.7 Å². The van der Waals surface area contributed by atoms with Crippen molar-refractivity contribution >= 4 is 47.0 Å². The first-order valence-corrected chi connectivity index (χ1v) is 11.7. The maximum Gasteiger partial charge on any atom is 0.342 e. The van der Waals surface area contributed by atoms with E-state index in [9.17, 15) is 9.90 Å². The Morgan fingerprint density at radius 3 is 2.50 bits per heavy atom. The number of H-pyrrole nitrogens is 1. The molecule has 0 spiro atoms. The van der Waals surface area contributed by atoms with Gasteiger partial charge in [0.15, 0.2) is 5.82 Å². The molecule has 0 saturated carbocycles. The van der Waals surface area contributed by atoms with E-state index in [4.69, 9.17) is 27.9 Å². The van der Waals surface area contributed by atoms with Crippen LogP contribution in [0, 0.1) is 13.8 Å². The molecule has 0 radical (unpaired) electrons. The van der Waals surface area contributed by atoms with Crippen molar-refractivity contribution in [2.24, 2.45) is 0 Å². The number of thioether (sulfide) groups is 1. The molecule has 2 N–H and O–H groups in total. The highest BCUT2D eigenvalue weighted by molar-refractivity contribution is 8.04. The fourth-order valence-electron chi connectivity index (χ4n) is 3.57. The number of methoxy groups -OCH3 is 1. The SMILES string of the molecule is COc1ccc(Cl)cc1-c1nc(S/C(=C\c2cc(C)n(-c3ccc(Cl)cc3)c2C)C(=O)O)n[nH]1. The molecule has 0 atom stereocenters. The predicted octanol–water partition coefficient (Wildman–Crippen LogP) is 6.41. The van der Waals surface area contributed by atoms with E-state index in [-0.39, 0.29) is 10.1 Å². The van der Waals surface area contributed by atoms with E-state index in [1.807, 2.05) is 48.7 Å². The van der Waals surface area contributed by atoms with Gasteiger partial charge in [-0.1, -0.05) is 23.2 Å². The quantitative estimate of drug-likeness (QED) is 0.218. The third-order valence-corrected chi connectivity index (χ3v) is 6.50. The zero-order valence-corrected chi connectivity index (χ0v) is 20.8. The van der Waals surface area contributed by atoms with Crippen molar-refractivity contribution in [3.8, 4) is 22.8 Å². The van der Waals surface area contributed by atoms with Gasteiger partial charge in [-0.2, -0.15) is 0 Å². The summed E-state index contributed by atoms with van der Waals surface area (Å²) in [5.74, 6) is -0.0822. The van der Waals surface area contributed by atoms with Gasteiger partial charge in [0.2, 0.25) is 5.16 Å². The van der Waals surface area contributed by atoms with E-state index in [1.54, 1.807) is 31.4 Å². The molecule has 2 aromatic carbocycles. The zero-order valence-electron chi connectivity index (χ0n) is 18.5. The second kappa shape index (κ2) is 9.97. The molecular weight excluding hydrogens is 495 g/mol. The maximum atomic E-state index is 12.0. The van der Waals surface area contributed by atoms with Crippen molar-refractivity contribution in [2.75, 3.05) is 7.11 Å². The van der Waals surface area contributed by atoms with Crippen LogP contribution in [0.4, 0.5) is 0 Å². The van der Waals surface area contributed by atoms with Gasteiger partial charge >= 0.3 is 5.97 Å². The van der Waals surface area contributed by atoms with Crippen LogP contribution in [0.25, 0.3) is 23.2 Å². The lowest BCUT2D eigenvalue weighted by molar-refractivity contribution is -0.131. The summed E-state index contributed by atoms with van der Waals surface area (Å²) in [6.07, 6.45) is 1.62. The Morgan fingerprint density at radius 2 is 1.82 bits per heavy atom. The second-order valence-electron chi connectivity index (χ2n) is 7.37. The Balaban J connectivity index is 1.66. The van der Waals surface area contributed by atoms with Gasteiger partial charge in [-0.3, -0.25) is 5.10 Å². The molecule has 7 nitrogen and oxygen atoms in total. The largest absolute Gasteiger partial charge is 0.496 e. The van der Waals surface area contributed by atoms with Crippen molar-refractivity contribution in [2.45, 2.75) is 19.0 Å². The van der Waals surface area contributed by atoms with E-state index < -0.39 is 5.97 Å². The molecule has 10 heteroatoms. The van der Waals surface area contributed by atoms with Crippen molar-refractivity contribution in [3.05, 3.63) is 80.4 Å². The highest BCUT2D eigenvalue weighted by Crippen LogP contribution is 2.33. The van der Waals surface area contributed by atoms with Crippen LogP contribution in [0.1, 0.15) is 17.0 Å². The predicted molar refractivity (Wildman–Crippen MR) is 135 cm³/mol. The van der Waals surface area contributed by atoms with Crippen molar-refractivity contribution in [1.82, 2.24) is 19.7 Å². The fraction of sp³-hybridized carbons (Fsp3) is 0.125. The molecule has 0 saturated heterocycles. The average molecular weight is 515 g/mol. The topological polar surface area (TPSA) is 93.0 Å². The summed E-state index contributed by atoms with van der Waals surface area (Å²) < 4.78 is 7.41. The number of carboxylic acids is 1. The highest BCUT2D eigenvalue weighted by Gasteiger charge is 2.18. The number of hydrogen-bond acceptors (Lipinski definition) is 5. The lowest BCUT2D eigenvalue weighted by atomic mass is 10.2. The molecule has 0 aliphatic rings. The minimum absolute atomic E-state index is 0.0833. The second-order valence-corrected chi connectivity index (χ2v) is 9.25. The third-order valence-electron chi connectivity index (χ3n) is 5.14. The Kier molecular flexibility index (Phi) is 7.02. The number of carbonyl (C=O) groups is 1. The van der Waals surface area contributed by atoms with Crippen LogP contribution >= 0.6 is 35.0 Å². The minimum atomic E-state index is -1.08. The lowest BCUT2D eigenvalue weighted by Crippen LogP contribution is -2.00. The summed E-state index contributed by atoms with van der Waals surface area (Å²) in [7, 11) is 1.55. The summed E-state index contributed by atoms with van der Waals surface area (Å²) in [6.45, 7) is 3.90. The van der Waals surface area contributed by atoms with Gasteiger partial charge < -0.3 is 14.4 Å². The van der Waals surface area contributed by atoms with Crippen LogP contribution in [0.15, 0.2) is 58.6 Å². The summed E-state index contributed by atoms with van der Waals surface area (Å²) in [5, 5.41) is 18.3. The smallest absolute Gasteiger partial charge is 0.342 e. The summed E-state index contributed by atoms with van der Waals surface area (Å²) >= 11 is 13.1. The number of nitrogens with one attached hydrogen (secondary N) is 1. The zero-order chi connectivity index (χ0) is 24.4. The Morgan fingerprint density at radius 1 is 1.12 bits per heavy atom. The molecule has 0 bridgehead atoms. The van der Waals surface area contributed by atoms with Crippen LogP contribution in [-0.2, 0) is 4.79 Å². The molecule has 0 fully saturated rings. The molecule has 0 amide bonds. The van der Waals surface area contributed by atoms with Crippen LogP contribution < -0.4 is 4.74 Å². The Labute approximate surface area is 210 Å². The first-order valence-electron chi connectivity index (χ1n) is 10.1. The number of aliphatic carboxylic acids is 1. The number of carboxylic acid groups (broad SMARTS) is 1. The number of nitrogens with zero attached hydrogens (tertiary/aromatic N) is 3. The number of ether oxygens (including phenoxy) is 1. The third kappa shape index (κ3) is 4.99. The first kappa shape index (κ1) is 23.9. The normalized spacial score (nSPS) is 11.6. The average Bonchev–Trinajstić information content (AvgIpc) is 3.38. The number of rotatable bonds is 7. The maximum absolute atomic E-state index is 12.0. The van der Waals surface area contributed by atoms with Crippen molar-refractivity contribution in [3.63, 3.8) is 0 Å². The summed E-state index contributed by atoms with van der Waals surface area (Å²) in [6, 6.07) is 14.6. The van der Waals surface area contributed by atoms with E-state index in [2.05, 4.69) is 15.2 Å². The monoisotopic (exact) mass is 514 g/mol. The molecule has 0 aliphatic carbocycles. The lowest BCUT2D eigenvalue weighted by Gasteiger charge is -2.09. The number of benzene rings is 2. The minimum Gasteiger partial charge on any atom is -0.496 e. The number of hydrogen-bond donors (Lipinski definition) is 2. The van der Waals surface area contributed by atoms with Gasteiger partial charge in [-0.25, -0.2) is 9.78 Å². The van der Waals surface area contributed by atoms with Crippen LogP contribution in [-0.4, -0.2) is 37.9 Å². The van der Waals surface area contributed by atoms with Crippen molar-refractivity contribution < 1.29 is 14.6 Å². The number of aryl methyl sites for hydroxylation is 1. The van der Waals surface area contributed by atoms with Crippen molar-refractivity contribution in [1.29, 1.82) is 0 Å². The Hall–Kier alpha value is -3.20. The Bertz CT molecular complexity index is 1390. The number of halogens is 2. The molecule has 0 aliphatic heterocycles. The fourth-order valence-corrected chi connectivity index (χ4v) is 4.57. The van der Waals surface area contributed by atoms with Gasteiger partial charge in [-0.15, -0.1) is 5.10 Å². The van der Waals surface area contributed by atoms with Crippen LogP contribution in [0.5, 0.6) is 5.75 Å². The summed E-state index contributed by atoms with van der Waals surface area (Å²) in [5.41, 5.74) is 4.22. The molecular formula is C24H20Cl2N4O3S. The molecule has 34 heavy (non-hydrogen) atoms. The van der Waals surface area contributed by atoms with Gasteiger partial charge in [0, 0.05) is 27.1 Å². The van der Waals surface area contributed by atoms with Gasteiger partial charge in [0.1, 0.15) is 10.7 Å². The molecule has 174 valence electrons. The van der Waals surface area contributed by atoms with E-state index in [0.29, 0.717) is 27.2 Å². The number of aromatic amines is 1. The van der Waals surface area contributed by atoms with Gasteiger partial charge in [-0.05, 0) is 85.8 Å². The number of aromatic nitrogens is 4.